The number of aliphatic hydroxyl groups is 1. The van der Waals surface area contributed by atoms with Gasteiger partial charge in [0.25, 0.3) is 0 Å². The Kier molecular flexibility index (Phi) is 11.1. The van der Waals surface area contributed by atoms with Crippen LogP contribution in [0.3, 0.4) is 0 Å². The van der Waals surface area contributed by atoms with Gasteiger partial charge >= 0.3 is 5.97 Å². The van der Waals surface area contributed by atoms with E-state index in [1.807, 2.05) is 5.32 Å². The Morgan fingerprint density at radius 1 is 0.941 bits per heavy atom. The third-order valence-corrected chi connectivity index (χ3v) is 4.48. The topological polar surface area (TPSA) is 286 Å². The molecule has 1 rings (SSSR count). The minimum absolute atomic E-state index is 0.0560. The second kappa shape index (κ2) is 13.5. The van der Waals surface area contributed by atoms with Gasteiger partial charge in [-0.2, -0.15) is 0 Å². The predicted octanol–water partition coefficient (Wildman–Crippen LogP) is -5.05. The van der Waals surface area contributed by atoms with Crippen LogP contribution in [-0.4, -0.2) is 86.5 Å². The molecule has 0 aromatic carbocycles. The molecule has 1 heterocycles. The van der Waals surface area contributed by atoms with E-state index in [9.17, 15) is 28.8 Å². The number of amides is 5. The highest BCUT2D eigenvalue weighted by Crippen LogP contribution is 2.03. The zero-order valence-electron chi connectivity index (χ0n) is 18.0. The molecule has 0 fully saturated rings. The normalized spacial score (nSPS) is 14.2. The van der Waals surface area contributed by atoms with Gasteiger partial charge in [-0.1, -0.05) is 0 Å². The number of carboxylic acids is 1. The van der Waals surface area contributed by atoms with Gasteiger partial charge in [-0.3, -0.25) is 24.0 Å². The van der Waals surface area contributed by atoms with Crippen LogP contribution in [0.5, 0.6) is 0 Å². The van der Waals surface area contributed by atoms with E-state index < -0.39 is 72.7 Å². The Hall–Kier alpha value is -4.05. The van der Waals surface area contributed by atoms with Gasteiger partial charge in [0.15, 0.2) is 0 Å². The molecule has 16 heteroatoms. The number of hydrogen-bond acceptors (Lipinski definition) is 9. The molecule has 4 atom stereocenters. The van der Waals surface area contributed by atoms with E-state index in [4.69, 9.17) is 27.4 Å². The first-order valence-corrected chi connectivity index (χ1v) is 9.98. The molecule has 5 amide bonds. The Morgan fingerprint density at radius 3 is 2.03 bits per heavy atom. The lowest BCUT2D eigenvalue weighted by atomic mass is 10.1. The van der Waals surface area contributed by atoms with Crippen molar-refractivity contribution in [3.8, 4) is 0 Å². The molecule has 4 unspecified atom stereocenters. The minimum Gasteiger partial charge on any atom is -0.480 e. The SMILES string of the molecule is NC(=O)CCC(NC(=O)C(N)Cc1cnc[nH]1)C(=O)NC(CC(N)=O)C(=O)NC(CO)C(=O)O. The summed E-state index contributed by atoms with van der Waals surface area (Å²) >= 11 is 0. The van der Waals surface area contributed by atoms with Crippen molar-refractivity contribution >= 4 is 35.5 Å². The van der Waals surface area contributed by atoms with E-state index in [1.54, 1.807) is 0 Å². The van der Waals surface area contributed by atoms with Crippen molar-refractivity contribution in [3.05, 3.63) is 18.2 Å². The molecule has 0 radical (unpaired) electrons. The van der Waals surface area contributed by atoms with Crippen LogP contribution in [0.2, 0.25) is 0 Å². The lowest BCUT2D eigenvalue weighted by Crippen LogP contribution is -2.58. The van der Waals surface area contributed by atoms with Crippen molar-refractivity contribution in [2.75, 3.05) is 6.61 Å². The molecule has 0 bridgehead atoms. The molecular weight excluding hydrogens is 456 g/mol. The number of aromatic amines is 1. The average Bonchev–Trinajstić information content (AvgIpc) is 3.26. The average molecular weight is 484 g/mol. The van der Waals surface area contributed by atoms with Crippen molar-refractivity contribution in [1.29, 1.82) is 0 Å². The molecule has 12 N–H and O–H groups in total. The number of carbonyl (C=O) groups excluding carboxylic acids is 5. The lowest BCUT2D eigenvalue weighted by molar-refractivity contribution is -0.143. The summed E-state index contributed by atoms with van der Waals surface area (Å²) in [5.74, 6) is -6.20. The van der Waals surface area contributed by atoms with E-state index >= 15 is 0 Å². The fourth-order valence-electron chi connectivity index (χ4n) is 2.70. The van der Waals surface area contributed by atoms with Gasteiger partial charge in [-0.05, 0) is 6.42 Å². The van der Waals surface area contributed by atoms with Crippen LogP contribution < -0.4 is 33.2 Å². The van der Waals surface area contributed by atoms with E-state index in [2.05, 4.69) is 20.6 Å². The van der Waals surface area contributed by atoms with Gasteiger partial charge in [0.1, 0.15) is 18.1 Å². The summed E-state index contributed by atoms with van der Waals surface area (Å²) in [5, 5.41) is 24.5. The lowest BCUT2D eigenvalue weighted by Gasteiger charge is -2.24. The summed E-state index contributed by atoms with van der Waals surface area (Å²) < 4.78 is 0. The summed E-state index contributed by atoms with van der Waals surface area (Å²) in [6.45, 7) is -0.955. The zero-order chi connectivity index (χ0) is 25.8. The first-order chi connectivity index (χ1) is 15.9. The number of carboxylic acid groups (broad SMARTS) is 1. The Bertz CT molecular complexity index is 891. The molecule has 0 spiro atoms. The van der Waals surface area contributed by atoms with Crippen molar-refractivity contribution in [2.24, 2.45) is 17.2 Å². The van der Waals surface area contributed by atoms with Gasteiger partial charge < -0.3 is 48.3 Å². The standard InChI is InChI=1S/C18H28N8O8/c19-9(3-8-5-22-7-23-8)15(30)24-10(1-2-13(20)28)16(31)25-11(4-14(21)29)17(32)26-12(6-27)18(33)34/h5,7,9-12,27H,1-4,6,19H2,(H2,20,28)(H2,21,29)(H,22,23)(H,24,30)(H,25,31)(H,26,32)(H,33,34). The van der Waals surface area contributed by atoms with Crippen molar-refractivity contribution in [2.45, 2.75) is 49.9 Å². The number of aromatic nitrogens is 2. The number of aliphatic carboxylic acids is 1. The molecule has 188 valence electrons. The van der Waals surface area contributed by atoms with E-state index in [1.165, 1.54) is 12.5 Å². The molecule has 16 nitrogen and oxygen atoms in total. The Morgan fingerprint density at radius 2 is 1.53 bits per heavy atom. The van der Waals surface area contributed by atoms with Crippen LogP contribution in [0.1, 0.15) is 25.0 Å². The molecular formula is C18H28N8O8. The summed E-state index contributed by atoms with van der Waals surface area (Å²) in [4.78, 5) is 77.8. The second-order valence-corrected chi connectivity index (χ2v) is 7.27. The zero-order valence-corrected chi connectivity index (χ0v) is 18.0. The van der Waals surface area contributed by atoms with Gasteiger partial charge in [-0.15, -0.1) is 0 Å². The molecule has 1 aromatic rings. The summed E-state index contributed by atoms with van der Waals surface area (Å²) in [7, 11) is 0. The third-order valence-electron chi connectivity index (χ3n) is 4.48. The quantitative estimate of drug-likeness (QED) is 0.114. The highest BCUT2D eigenvalue weighted by molar-refractivity contribution is 5.96. The van der Waals surface area contributed by atoms with Crippen molar-refractivity contribution in [3.63, 3.8) is 0 Å². The van der Waals surface area contributed by atoms with Crippen LogP contribution in [0.4, 0.5) is 0 Å². The van der Waals surface area contributed by atoms with Gasteiger partial charge in [0, 0.05) is 24.7 Å². The number of carbonyl (C=O) groups is 6. The van der Waals surface area contributed by atoms with Crippen molar-refractivity contribution < 1.29 is 39.0 Å². The number of nitrogens with two attached hydrogens (primary N) is 3. The summed E-state index contributed by atoms with van der Waals surface area (Å²) in [6, 6.07) is -5.82. The fraction of sp³-hybridized carbons (Fsp3) is 0.500. The number of imidazole rings is 1. The van der Waals surface area contributed by atoms with Crippen LogP contribution in [-0.2, 0) is 35.2 Å². The highest BCUT2D eigenvalue weighted by Gasteiger charge is 2.31. The Balaban J connectivity index is 2.95. The first kappa shape index (κ1) is 28.0. The number of aliphatic hydroxyl groups excluding tert-OH is 1. The molecule has 0 aliphatic rings. The number of nitrogens with one attached hydrogen (secondary N) is 4. The van der Waals surface area contributed by atoms with Crippen LogP contribution in [0.15, 0.2) is 12.5 Å². The molecule has 1 aromatic heterocycles. The number of nitrogens with zero attached hydrogens (tertiary/aromatic N) is 1. The van der Waals surface area contributed by atoms with Gasteiger partial charge in [-0.25, -0.2) is 9.78 Å². The third kappa shape index (κ3) is 9.61. The smallest absolute Gasteiger partial charge is 0.328 e. The molecule has 0 aliphatic carbocycles. The second-order valence-electron chi connectivity index (χ2n) is 7.27. The van der Waals surface area contributed by atoms with E-state index in [-0.39, 0.29) is 19.3 Å². The maximum absolute atomic E-state index is 12.8. The molecule has 0 saturated heterocycles. The maximum atomic E-state index is 12.8. The van der Waals surface area contributed by atoms with Crippen molar-refractivity contribution in [1.82, 2.24) is 25.9 Å². The van der Waals surface area contributed by atoms with Crippen LogP contribution >= 0.6 is 0 Å². The molecule has 34 heavy (non-hydrogen) atoms. The fourth-order valence-corrected chi connectivity index (χ4v) is 2.70. The molecule has 0 aliphatic heterocycles. The van der Waals surface area contributed by atoms with Gasteiger partial charge in [0.05, 0.1) is 25.4 Å². The maximum Gasteiger partial charge on any atom is 0.328 e. The van der Waals surface area contributed by atoms with Crippen LogP contribution in [0.25, 0.3) is 0 Å². The number of H-pyrrole nitrogens is 1. The monoisotopic (exact) mass is 484 g/mol. The summed E-state index contributed by atoms with van der Waals surface area (Å²) in [6.07, 6.45) is 1.61. The largest absolute Gasteiger partial charge is 0.480 e. The first-order valence-electron chi connectivity index (χ1n) is 9.98. The van der Waals surface area contributed by atoms with E-state index in [0.29, 0.717) is 5.69 Å². The molecule has 0 saturated carbocycles. The summed E-state index contributed by atoms with van der Waals surface area (Å²) in [5.41, 5.74) is 16.6. The number of hydrogen-bond donors (Lipinski definition) is 9. The van der Waals surface area contributed by atoms with Crippen LogP contribution in [0, 0.1) is 0 Å². The highest BCUT2D eigenvalue weighted by atomic mass is 16.4. The predicted molar refractivity (Wildman–Crippen MR) is 113 cm³/mol. The Labute approximate surface area is 193 Å². The van der Waals surface area contributed by atoms with E-state index in [0.717, 1.165) is 0 Å². The number of primary amides is 2. The minimum atomic E-state index is -1.70. The van der Waals surface area contributed by atoms with Gasteiger partial charge in [0.2, 0.25) is 29.5 Å². The number of rotatable bonds is 15.